The van der Waals surface area contributed by atoms with Gasteiger partial charge < -0.3 is 10.1 Å². The van der Waals surface area contributed by atoms with Crippen molar-refractivity contribution in [2.45, 2.75) is 25.3 Å². The molecule has 0 saturated heterocycles. The molecular formula is C19H18FNO3. The zero-order valence-corrected chi connectivity index (χ0v) is 13.1. The molecule has 124 valence electrons. The van der Waals surface area contributed by atoms with E-state index in [2.05, 4.69) is 11.4 Å². The minimum atomic E-state index is -0.511. The van der Waals surface area contributed by atoms with Crippen LogP contribution in [0.4, 0.5) is 4.39 Å². The predicted molar refractivity (Wildman–Crippen MR) is 86.7 cm³/mol. The number of carbonyl (C=O) groups excluding carboxylic acids is 2. The Morgan fingerprint density at radius 3 is 2.67 bits per heavy atom. The molecule has 0 heterocycles. The van der Waals surface area contributed by atoms with Crippen LogP contribution < -0.4 is 5.32 Å². The Morgan fingerprint density at radius 2 is 1.88 bits per heavy atom. The van der Waals surface area contributed by atoms with Crippen LogP contribution in [0.5, 0.6) is 0 Å². The molecule has 1 aliphatic carbocycles. The van der Waals surface area contributed by atoms with Crippen LogP contribution in [0.1, 0.15) is 29.2 Å². The number of aryl methyl sites for hydroxylation is 1. The molecule has 1 aliphatic rings. The summed E-state index contributed by atoms with van der Waals surface area (Å²) in [5.41, 5.74) is 3.02. The van der Waals surface area contributed by atoms with Gasteiger partial charge in [0.15, 0.2) is 6.61 Å². The number of hydrogen-bond donors (Lipinski definition) is 1. The van der Waals surface area contributed by atoms with Gasteiger partial charge in [0.1, 0.15) is 5.82 Å². The highest BCUT2D eigenvalue weighted by atomic mass is 19.1. The molecule has 0 aromatic heterocycles. The van der Waals surface area contributed by atoms with Crippen LogP contribution in [0.25, 0.3) is 0 Å². The van der Waals surface area contributed by atoms with Crippen molar-refractivity contribution in [2.24, 2.45) is 0 Å². The lowest BCUT2D eigenvalue weighted by molar-refractivity contribution is -0.148. The van der Waals surface area contributed by atoms with Gasteiger partial charge in [-0.25, -0.2) is 4.39 Å². The van der Waals surface area contributed by atoms with Gasteiger partial charge in [-0.1, -0.05) is 36.4 Å². The first-order valence-electron chi connectivity index (χ1n) is 7.89. The maximum atomic E-state index is 12.8. The zero-order valence-electron chi connectivity index (χ0n) is 13.1. The molecule has 0 saturated carbocycles. The third kappa shape index (κ3) is 3.98. The number of rotatable bonds is 5. The molecule has 4 nitrogen and oxygen atoms in total. The first kappa shape index (κ1) is 16.2. The van der Waals surface area contributed by atoms with Crippen molar-refractivity contribution in [3.63, 3.8) is 0 Å². The lowest BCUT2D eigenvalue weighted by atomic mass is 10.1. The molecule has 1 atom stereocenters. The fourth-order valence-electron chi connectivity index (χ4n) is 2.91. The largest absolute Gasteiger partial charge is 0.455 e. The maximum absolute atomic E-state index is 12.8. The number of nitrogens with one attached hydrogen (secondary N) is 1. The van der Waals surface area contributed by atoms with Crippen LogP contribution in [0.3, 0.4) is 0 Å². The van der Waals surface area contributed by atoms with Gasteiger partial charge in [0, 0.05) is 0 Å². The molecule has 2 aromatic rings. The maximum Gasteiger partial charge on any atom is 0.310 e. The number of amides is 1. The summed E-state index contributed by atoms with van der Waals surface area (Å²) < 4.78 is 17.8. The molecule has 3 rings (SSSR count). The number of benzene rings is 2. The summed E-state index contributed by atoms with van der Waals surface area (Å²) in [7, 11) is 0. The third-order valence-electron chi connectivity index (χ3n) is 4.09. The fourth-order valence-corrected chi connectivity index (χ4v) is 2.91. The van der Waals surface area contributed by atoms with E-state index < -0.39 is 5.97 Å². The Hall–Kier alpha value is -2.69. The highest BCUT2D eigenvalue weighted by Crippen LogP contribution is 2.30. The van der Waals surface area contributed by atoms with Crippen molar-refractivity contribution in [1.82, 2.24) is 5.32 Å². The van der Waals surface area contributed by atoms with Gasteiger partial charge in [0.25, 0.3) is 5.91 Å². The highest BCUT2D eigenvalue weighted by Gasteiger charge is 2.23. The Kier molecular flexibility index (Phi) is 4.89. The van der Waals surface area contributed by atoms with Crippen molar-refractivity contribution < 1.29 is 18.7 Å². The van der Waals surface area contributed by atoms with Crippen LogP contribution in [0, 0.1) is 5.82 Å². The highest BCUT2D eigenvalue weighted by molar-refractivity contribution is 5.81. The molecule has 0 spiro atoms. The van der Waals surface area contributed by atoms with Crippen molar-refractivity contribution >= 4 is 11.9 Å². The molecule has 1 N–H and O–H groups in total. The van der Waals surface area contributed by atoms with Crippen molar-refractivity contribution in [1.29, 1.82) is 0 Å². The summed E-state index contributed by atoms with van der Waals surface area (Å²) in [6, 6.07) is 13.6. The Balaban J connectivity index is 1.46. The third-order valence-corrected chi connectivity index (χ3v) is 4.09. The molecule has 0 radical (unpaired) electrons. The Bertz CT molecular complexity index is 743. The summed E-state index contributed by atoms with van der Waals surface area (Å²) in [4.78, 5) is 23.7. The predicted octanol–water partition coefficient (Wildman–Crippen LogP) is 2.72. The number of fused-ring (bicyclic) bond motifs is 1. The minimum absolute atomic E-state index is 0.0137. The fraction of sp³-hybridized carbons (Fsp3) is 0.263. The van der Waals surface area contributed by atoms with E-state index in [-0.39, 0.29) is 30.8 Å². The van der Waals surface area contributed by atoms with Gasteiger partial charge in [-0.05, 0) is 41.7 Å². The second-order valence-electron chi connectivity index (χ2n) is 5.82. The van der Waals surface area contributed by atoms with E-state index in [1.807, 2.05) is 18.2 Å². The summed E-state index contributed by atoms with van der Waals surface area (Å²) in [6.45, 7) is -0.307. The van der Waals surface area contributed by atoms with Gasteiger partial charge in [-0.15, -0.1) is 0 Å². The zero-order chi connectivity index (χ0) is 16.9. The lowest BCUT2D eigenvalue weighted by Crippen LogP contribution is -2.31. The quantitative estimate of drug-likeness (QED) is 0.859. The standard InChI is InChI=1S/C19H18FNO3/c20-15-8-5-13(6-9-15)11-19(23)24-12-18(22)21-17-10-7-14-3-1-2-4-16(14)17/h1-6,8-9,17H,7,10-12H2,(H,21,22)/t17-/m1/s1. The van der Waals surface area contributed by atoms with Gasteiger partial charge in [-0.2, -0.15) is 0 Å². The van der Waals surface area contributed by atoms with Crippen molar-refractivity contribution in [3.8, 4) is 0 Å². The lowest BCUT2D eigenvalue weighted by Gasteiger charge is -2.14. The number of esters is 1. The molecule has 0 fully saturated rings. The van der Waals surface area contributed by atoms with E-state index in [4.69, 9.17) is 4.74 Å². The van der Waals surface area contributed by atoms with Gasteiger partial charge in [0.05, 0.1) is 12.5 Å². The van der Waals surface area contributed by atoms with Gasteiger partial charge in [-0.3, -0.25) is 9.59 Å². The normalized spacial score (nSPS) is 15.6. The molecule has 2 aromatic carbocycles. The van der Waals surface area contributed by atoms with Crippen LogP contribution in [-0.2, 0) is 27.2 Å². The van der Waals surface area contributed by atoms with E-state index in [9.17, 15) is 14.0 Å². The first-order chi connectivity index (χ1) is 11.6. The van der Waals surface area contributed by atoms with E-state index in [1.54, 1.807) is 0 Å². The number of halogens is 1. The van der Waals surface area contributed by atoms with E-state index >= 15 is 0 Å². The molecule has 24 heavy (non-hydrogen) atoms. The number of hydrogen-bond acceptors (Lipinski definition) is 3. The molecular weight excluding hydrogens is 309 g/mol. The molecule has 0 bridgehead atoms. The smallest absolute Gasteiger partial charge is 0.310 e. The molecule has 0 aliphatic heterocycles. The molecule has 5 heteroatoms. The Morgan fingerprint density at radius 1 is 1.12 bits per heavy atom. The second kappa shape index (κ2) is 7.25. The average molecular weight is 327 g/mol. The van der Waals surface area contributed by atoms with Crippen LogP contribution in [-0.4, -0.2) is 18.5 Å². The summed E-state index contributed by atoms with van der Waals surface area (Å²) in [5, 5.41) is 2.90. The minimum Gasteiger partial charge on any atom is -0.455 e. The van der Waals surface area contributed by atoms with Gasteiger partial charge in [0.2, 0.25) is 0 Å². The van der Waals surface area contributed by atoms with E-state index in [0.717, 1.165) is 18.4 Å². The average Bonchev–Trinajstić information content (AvgIpc) is 2.98. The number of carbonyl (C=O) groups is 2. The molecule has 0 unspecified atom stereocenters. The van der Waals surface area contributed by atoms with E-state index in [0.29, 0.717) is 5.56 Å². The van der Waals surface area contributed by atoms with E-state index in [1.165, 1.54) is 29.8 Å². The summed E-state index contributed by atoms with van der Waals surface area (Å²) in [6.07, 6.45) is 1.81. The SMILES string of the molecule is O=C(COC(=O)Cc1ccc(F)cc1)N[C@@H]1CCc2ccccc21. The van der Waals surface area contributed by atoms with Crippen LogP contribution in [0.2, 0.25) is 0 Å². The van der Waals surface area contributed by atoms with Crippen molar-refractivity contribution in [3.05, 3.63) is 71.0 Å². The van der Waals surface area contributed by atoms with Crippen molar-refractivity contribution in [2.75, 3.05) is 6.61 Å². The second-order valence-corrected chi connectivity index (χ2v) is 5.82. The summed E-state index contributed by atoms with van der Waals surface area (Å²) >= 11 is 0. The number of ether oxygens (including phenoxy) is 1. The van der Waals surface area contributed by atoms with Gasteiger partial charge >= 0.3 is 5.97 Å². The van der Waals surface area contributed by atoms with Crippen LogP contribution >= 0.6 is 0 Å². The van der Waals surface area contributed by atoms with Crippen LogP contribution in [0.15, 0.2) is 48.5 Å². The topological polar surface area (TPSA) is 55.4 Å². The monoisotopic (exact) mass is 327 g/mol. The summed E-state index contributed by atoms with van der Waals surface area (Å²) in [5.74, 6) is -1.18. The Labute approximate surface area is 139 Å². The first-order valence-corrected chi connectivity index (χ1v) is 7.89. The molecule has 1 amide bonds.